The molecule has 1 aromatic rings. The van der Waals surface area contributed by atoms with Gasteiger partial charge in [0.25, 0.3) is 0 Å². The van der Waals surface area contributed by atoms with Crippen LogP contribution in [0.3, 0.4) is 0 Å². The maximum Gasteiger partial charge on any atom is 0.317 e. The van der Waals surface area contributed by atoms with Crippen LogP contribution < -0.4 is 5.32 Å². The summed E-state index contributed by atoms with van der Waals surface area (Å²) in [4.78, 5) is 14.2. The predicted octanol–water partition coefficient (Wildman–Crippen LogP) is -0.0187. The van der Waals surface area contributed by atoms with Crippen LogP contribution in [0.5, 0.6) is 0 Å². The number of benzene rings is 1. The van der Waals surface area contributed by atoms with Crippen LogP contribution in [-0.2, 0) is 24.8 Å². The molecule has 2 heterocycles. The van der Waals surface area contributed by atoms with Gasteiger partial charge in [-0.1, -0.05) is 17.7 Å². The number of hydrogen-bond donors (Lipinski definition) is 1. The normalized spacial score (nSPS) is 19.4. The van der Waals surface area contributed by atoms with Crippen molar-refractivity contribution in [1.29, 1.82) is 0 Å². The summed E-state index contributed by atoms with van der Waals surface area (Å²) in [5.41, 5.74) is 1.69. The lowest BCUT2D eigenvalue weighted by Crippen LogP contribution is -2.53. The Morgan fingerprint density at radius 2 is 1.61 bits per heavy atom. The Bertz CT molecular complexity index is 998. The van der Waals surface area contributed by atoms with Crippen LogP contribution in [0.1, 0.15) is 11.1 Å². The molecule has 0 aromatic heterocycles. The number of aryl methyl sites for hydroxylation is 2. The molecule has 0 radical (unpaired) electrons. The fourth-order valence-electron chi connectivity index (χ4n) is 3.71. The van der Waals surface area contributed by atoms with Crippen molar-refractivity contribution in [2.75, 3.05) is 64.8 Å². The van der Waals surface area contributed by atoms with Crippen LogP contribution in [0.2, 0.25) is 0 Å². The van der Waals surface area contributed by atoms with E-state index in [1.54, 1.807) is 19.1 Å². The molecular formula is C19H30N4O6S2. The number of nitrogens with zero attached hydrogens (tertiary/aromatic N) is 3. The Kier molecular flexibility index (Phi) is 7.58. The van der Waals surface area contributed by atoms with Gasteiger partial charge in [0.15, 0.2) is 0 Å². The SMILES string of the molecule is Cc1ccc(S(=O)(=O)N2CCN(C(=O)NCCS(=O)(=O)N3CCOCC3)CC2)c(C)c1. The van der Waals surface area contributed by atoms with Crippen molar-refractivity contribution in [3.63, 3.8) is 0 Å². The number of carbonyl (C=O) groups is 1. The van der Waals surface area contributed by atoms with Gasteiger partial charge < -0.3 is 15.0 Å². The molecule has 0 atom stereocenters. The molecule has 2 amide bonds. The van der Waals surface area contributed by atoms with Crippen LogP contribution >= 0.6 is 0 Å². The quantitative estimate of drug-likeness (QED) is 0.620. The van der Waals surface area contributed by atoms with Gasteiger partial charge in [-0.2, -0.15) is 8.61 Å². The van der Waals surface area contributed by atoms with E-state index in [0.717, 1.165) is 5.56 Å². The number of piperazine rings is 1. The minimum absolute atomic E-state index is 0.000399. The fraction of sp³-hybridized carbons (Fsp3) is 0.632. The molecule has 1 N–H and O–H groups in total. The van der Waals surface area contributed by atoms with Crippen LogP contribution in [-0.4, -0.2) is 101 Å². The van der Waals surface area contributed by atoms with Crippen molar-refractivity contribution in [3.05, 3.63) is 29.3 Å². The number of rotatable bonds is 6. The summed E-state index contributed by atoms with van der Waals surface area (Å²) in [5.74, 6) is -0.181. The van der Waals surface area contributed by atoms with Crippen molar-refractivity contribution in [2.45, 2.75) is 18.7 Å². The molecule has 1 aromatic carbocycles. The minimum atomic E-state index is -3.63. The number of carbonyl (C=O) groups excluding carboxylic acids is 1. The van der Waals surface area contributed by atoms with E-state index >= 15 is 0 Å². The number of ether oxygens (including phenoxy) is 1. The zero-order chi connectivity index (χ0) is 22.6. The Labute approximate surface area is 184 Å². The zero-order valence-electron chi connectivity index (χ0n) is 17.9. The van der Waals surface area contributed by atoms with Crippen molar-refractivity contribution in [2.24, 2.45) is 0 Å². The van der Waals surface area contributed by atoms with E-state index in [2.05, 4.69) is 5.32 Å². The van der Waals surface area contributed by atoms with E-state index in [-0.39, 0.29) is 49.4 Å². The van der Waals surface area contributed by atoms with Crippen LogP contribution in [0.15, 0.2) is 23.1 Å². The average molecular weight is 475 g/mol. The summed E-state index contributed by atoms with van der Waals surface area (Å²) in [7, 11) is -7.07. The maximum absolute atomic E-state index is 13.0. The molecule has 2 fully saturated rings. The van der Waals surface area contributed by atoms with Gasteiger partial charge in [-0.25, -0.2) is 21.6 Å². The summed E-state index contributed by atoms with van der Waals surface area (Å²) in [5, 5.41) is 2.63. The van der Waals surface area contributed by atoms with E-state index < -0.39 is 20.0 Å². The van der Waals surface area contributed by atoms with Gasteiger partial charge in [0.2, 0.25) is 20.0 Å². The first-order valence-electron chi connectivity index (χ1n) is 10.3. The molecule has 10 nitrogen and oxygen atoms in total. The largest absolute Gasteiger partial charge is 0.379 e. The number of amides is 2. The van der Waals surface area contributed by atoms with Crippen LogP contribution in [0.25, 0.3) is 0 Å². The van der Waals surface area contributed by atoms with Gasteiger partial charge in [-0.15, -0.1) is 0 Å². The van der Waals surface area contributed by atoms with Gasteiger partial charge in [-0.3, -0.25) is 0 Å². The molecule has 0 saturated carbocycles. The monoisotopic (exact) mass is 474 g/mol. The second kappa shape index (κ2) is 9.82. The molecular weight excluding hydrogens is 444 g/mol. The highest BCUT2D eigenvalue weighted by Gasteiger charge is 2.31. The van der Waals surface area contributed by atoms with Gasteiger partial charge in [0.1, 0.15) is 0 Å². The predicted molar refractivity (Wildman–Crippen MR) is 116 cm³/mol. The molecule has 31 heavy (non-hydrogen) atoms. The standard InChI is InChI=1S/C19H30N4O6S2/c1-16-3-4-18(17(2)15-16)31(27,28)23-8-6-21(7-9-23)19(24)20-5-14-30(25,26)22-10-12-29-13-11-22/h3-4,15H,5-14H2,1-2H3,(H,20,24). The average Bonchev–Trinajstić information content (AvgIpc) is 2.74. The Balaban J connectivity index is 1.49. The van der Waals surface area contributed by atoms with E-state index in [1.165, 1.54) is 13.5 Å². The van der Waals surface area contributed by atoms with E-state index in [1.807, 2.05) is 13.0 Å². The molecule has 2 saturated heterocycles. The van der Waals surface area contributed by atoms with E-state index in [0.29, 0.717) is 31.9 Å². The van der Waals surface area contributed by atoms with Crippen molar-refractivity contribution in [1.82, 2.24) is 18.8 Å². The minimum Gasteiger partial charge on any atom is -0.379 e. The number of morpholine rings is 1. The molecule has 0 unspecified atom stereocenters. The second-order valence-electron chi connectivity index (χ2n) is 7.72. The lowest BCUT2D eigenvalue weighted by molar-refractivity contribution is 0.0730. The van der Waals surface area contributed by atoms with Crippen LogP contribution in [0, 0.1) is 13.8 Å². The highest BCUT2D eigenvalue weighted by Crippen LogP contribution is 2.22. The lowest BCUT2D eigenvalue weighted by atomic mass is 10.2. The number of nitrogens with one attached hydrogen (secondary N) is 1. The molecule has 0 bridgehead atoms. The molecule has 3 rings (SSSR count). The summed E-state index contributed by atoms with van der Waals surface area (Å²) >= 11 is 0. The highest BCUT2D eigenvalue weighted by atomic mass is 32.2. The maximum atomic E-state index is 13.0. The van der Waals surface area contributed by atoms with Gasteiger partial charge >= 0.3 is 6.03 Å². The number of sulfonamides is 2. The third-order valence-corrected chi connectivity index (χ3v) is 9.40. The van der Waals surface area contributed by atoms with E-state index in [9.17, 15) is 21.6 Å². The van der Waals surface area contributed by atoms with Crippen LogP contribution in [0.4, 0.5) is 4.79 Å². The Morgan fingerprint density at radius 1 is 0.968 bits per heavy atom. The first kappa shape index (κ1) is 23.9. The van der Waals surface area contributed by atoms with Crippen molar-refractivity contribution < 1.29 is 26.4 Å². The second-order valence-corrected chi connectivity index (χ2v) is 11.7. The molecule has 174 valence electrons. The van der Waals surface area contributed by atoms with Crippen molar-refractivity contribution in [3.8, 4) is 0 Å². The summed E-state index contributed by atoms with van der Waals surface area (Å²) in [6.07, 6.45) is 0. The summed E-state index contributed by atoms with van der Waals surface area (Å²) in [6.45, 7) is 5.95. The third-order valence-electron chi connectivity index (χ3n) is 5.47. The molecule has 0 spiro atoms. The Hall–Kier alpha value is -1.73. The smallest absolute Gasteiger partial charge is 0.317 e. The van der Waals surface area contributed by atoms with Gasteiger partial charge in [0, 0.05) is 45.8 Å². The summed E-state index contributed by atoms with van der Waals surface area (Å²) < 4.78 is 58.5. The zero-order valence-corrected chi connectivity index (χ0v) is 19.5. The van der Waals surface area contributed by atoms with Gasteiger partial charge in [-0.05, 0) is 25.5 Å². The van der Waals surface area contributed by atoms with Crippen molar-refractivity contribution >= 4 is 26.1 Å². The third kappa shape index (κ3) is 5.75. The van der Waals surface area contributed by atoms with Gasteiger partial charge in [0.05, 0.1) is 23.9 Å². The Morgan fingerprint density at radius 3 is 2.23 bits per heavy atom. The number of hydrogen-bond acceptors (Lipinski definition) is 6. The highest BCUT2D eigenvalue weighted by molar-refractivity contribution is 7.89. The molecule has 2 aliphatic rings. The first-order valence-corrected chi connectivity index (χ1v) is 13.3. The fourth-order valence-corrected chi connectivity index (χ4v) is 6.66. The lowest BCUT2D eigenvalue weighted by Gasteiger charge is -2.34. The molecule has 12 heteroatoms. The number of urea groups is 1. The molecule has 0 aliphatic carbocycles. The summed E-state index contributed by atoms with van der Waals surface area (Å²) in [6, 6.07) is 4.84. The molecule has 2 aliphatic heterocycles. The van der Waals surface area contributed by atoms with E-state index in [4.69, 9.17) is 4.74 Å². The first-order chi connectivity index (χ1) is 14.6. The topological polar surface area (TPSA) is 116 Å².